The van der Waals surface area contributed by atoms with Crippen molar-refractivity contribution in [2.24, 2.45) is 0 Å². The molecule has 5 heteroatoms. The highest BCUT2D eigenvalue weighted by molar-refractivity contribution is 5.70. The van der Waals surface area contributed by atoms with E-state index >= 15 is 0 Å². The van der Waals surface area contributed by atoms with Crippen molar-refractivity contribution in [1.82, 2.24) is 0 Å². The van der Waals surface area contributed by atoms with Gasteiger partial charge in [-0.25, -0.2) is 0 Å². The summed E-state index contributed by atoms with van der Waals surface area (Å²) in [5.74, 6) is -0.580. The molecule has 5 nitrogen and oxygen atoms in total. The Morgan fingerprint density at radius 1 is 0.311 bits per heavy atom. The first-order chi connectivity index (χ1) is 36.6. The lowest BCUT2D eigenvalue weighted by molar-refractivity contribution is -0.161. The van der Waals surface area contributed by atoms with Gasteiger partial charge in [-0.3, -0.25) is 9.59 Å². The van der Waals surface area contributed by atoms with Crippen molar-refractivity contribution in [3.63, 3.8) is 0 Å². The number of ether oxygens (including phenoxy) is 2. The molecule has 0 spiro atoms. The third kappa shape index (κ3) is 61.4. The highest BCUT2D eigenvalue weighted by atomic mass is 16.6. The molecule has 0 aromatic carbocycles. The molecule has 0 aliphatic carbocycles. The van der Waals surface area contributed by atoms with E-state index in [-0.39, 0.29) is 25.2 Å². The second-order valence-corrected chi connectivity index (χ2v) is 21.1. The fraction of sp³-hybridized carbons (Fsp3) is 0.739. The first kappa shape index (κ1) is 70.8. The van der Waals surface area contributed by atoms with Gasteiger partial charge in [-0.1, -0.05) is 304 Å². The average molecular weight is 1030 g/mol. The minimum absolute atomic E-state index is 0.0661. The van der Waals surface area contributed by atoms with Gasteiger partial charge in [-0.15, -0.1) is 0 Å². The van der Waals surface area contributed by atoms with E-state index in [0.717, 1.165) is 89.9 Å². The van der Waals surface area contributed by atoms with E-state index in [9.17, 15) is 14.7 Å². The van der Waals surface area contributed by atoms with Crippen molar-refractivity contribution in [3.05, 3.63) is 97.2 Å². The topological polar surface area (TPSA) is 72.8 Å². The SMILES string of the molecule is CC/C=C\C/C=C\C/C=C\C/C=C\CCCCCCCCCCCCCCCCCCCCCCC(=O)OC(CO)COC(=O)CCCCCCCCCCCCCCCC/C=C\C/C=C\C/C=C\C/C=C\CC. The lowest BCUT2D eigenvalue weighted by Crippen LogP contribution is -2.28. The molecule has 0 aliphatic rings. The summed E-state index contributed by atoms with van der Waals surface area (Å²) in [5.41, 5.74) is 0. The van der Waals surface area contributed by atoms with Gasteiger partial charge in [-0.2, -0.15) is 0 Å². The maximum atomic E-state index is 12.3. The van der Waals surface area contributed by atoms with Crippen LogP contribution in [0.15, 0.2) is 97.2 Å². The van der Waals surface area contributed by atoms with Gasteiger partial charge in [0.1, 0.15) is 6.61 Å². The van der Waals surface area contributed by atoms with Crippen LogP contribution < -0.4 is 0 Å². The van der Waals surface area contributed by atoms with Crippen LogP contribution in [-0.2, 0) is 19.1 Å². The molecule has 1 N–H and O–H groups in total. The third-order valence-corrected chi connectivity index (χ3v) is 13.9. The molecular formula is C69H120O5. The van der Waals surface area contributed by atoms with Crippen LogP contribution in [0.2, 0.25) is 0 Å². The molecule has 1 atom stereocenters. The van der Waals surface area contributed by atoms with Crippen LogP contribution in [0.4, 0.5) is 0 Å². The molecule has 0 aromatic heterocycles. The van der Waals surface area contributed by atoms with Crippen molar-refractivity contribution < 1.29 is 24.2 Å². The minimum atomic E-state index is -0.776. The number of esters is 2. The summed E-state index contributed by atoms with van der Waals surface area (Å²) in [6.45, 7) is 3.95. The smallest absolute Gasteiger partial charge is 0.306 e. The molecule has 0 radical (unpaired) electrons. The van der Waals surface area contributed by atoms with Crippen LogP contribution in [0.1, 0.15) is 309 Å². The zero-order valence-corrected chi connectivity index (χ0v) is 48.8. The molecule has 0 saturated carbocycles. The van der Waals surface area contributed by atoms with E-state index < -0.39 is 6.10 Å². The fourth-order valence-electron chi connectivity index (χ4n) is 9.19. The Hall–Kier alpha value is -3.18. The van der Waals surface area contributed by atoms with Crippen molar-refractivity contribution in [3.8, 4) is 0 Å². The lowest BCUT2D eigenvalue weighted by atomic mass is 10.0. The number of unbranched alkanes of at least 4 members (excludes halogenated alkanes) is 34. The fourth-order valence-corrected chi connectivity index (χ4v) is 9.19. The molecule has 74 heavy (non-hydrogen) atoms. The van der Waals surface area contributed by atoms with Crippen LogP contribution in [0.3, 0.4) is 0 Å². The quantitative estimate of drug-likeness (QED) is 0.0373. The lowest BCUT2D eigenvalue weighted by Gasteiger charge is -2.15. The normalized spacial score (nSPS) is 12.9. The highest BCUT2D eigenvalue weighted by Crippen LogP contribution is 2.17. The van der Waals surface area contributed by atoms with Gasteiger partial charge in [0.25, 0.3) is 0 Å². The molecule has 0 aromatic rings. The van der Waals surface area contributed by atoms with E-state index in [1.54, 1.807) is 0 Å². The van der Waals surface area contributed by atoms with Gasteiger partial charge in [0.15, 0.2) is 6.10 Å². The molecule has 0 fully saturated rings. The van der Waals surface area contributed by atoms with Crippen LogP contribution in [-0.4, -0.2) is 36.4 Å². The molecule has 0 amide bonds. The first-order valence-electron chi connectivity index (χ1n) is 31.8. The second-order valence-electron chi connectivity index (χ2n) is 21.1. The summed E-state index contributed by atoms with van der Waals surface area (Å²) in [4.78, 5) is 24.6. The van der Waals surface area contributed by atoms with E-state index in [1.165, 1.54) is 193 Å². The van der Waals surface area contributed by atoms with Crippen molar-refractivity contribution in [2.45, 2.75) is 315 Å². The van der Waals surface area contributed by atoms with Gasteiger partial charge in [-0.05, 0) is 89.9 Å². The maximum absolute atomic E-state index is 12.3. The van der Waals surface area contributed by atoms with E-state index in [4.69, 9.17) is 9.47 Å². The third-order valence-electron chi connectivity index (χ3n) is 13.9. The van der Waals surface area contributed by atoms with Crippen molar-refractivity contribution in [1.29, 1.82) is 0 Å². The van der Waals surface area contributed by atoms with Gasteiger partial charge in [0.2, 0.25) is 0 Å². The summed E-state index contributed by atoms with van der Waals surface area (Å²) in [7, 11) is 0. The molecular weight excluding hydrogens is 909 g/mol. The number of allylic oxidation sites excluding steroid dienone is 16. The number of aliphatic hydroxyl groups excluding tert-OH is 1. The Labute approximate surface area is 459 Å². The summed E-state index contributed by atoms with van der Waals surface area (Å²) in [6.07, 6.45) is 91.3. The summed E-state index contributed by atoms with van der Waals surface area (Å²) >= 11 is 0. The Kier molecular flexibility index (Phi) is 61.4. The second kappa shape index (κ2) is 64.1. The molecule has 0 bridgehead atoms. The van der Waals surface area contributed by atoms with E-state index in [0.29, 0.717) is 12.8 Å². The molecule has 426 valence electrons. The minimum Gasteiger partial charge on any atom is -0.462 e. The van der Waals surface area contributed by atoms with Crippen LogP contribution in [0, 0.1) is 0 Å². The monoisotopic (exact) mass is 1030 g/mol. The van der Waals surface area contributed by atoms with Crippen LogP contribution >= 0.6 is 0 Å². The molecule has 0 heterocycles. The maximum Gasteiger partial charge on any atom is 0.306 e. The van der Waals surface area contributed by atoms with Gasteiger partial charge >= 0.3 is 11.9 Å². The summed E-state index contributed by atoms with van der Waals surface area (Å²) in [5, 5.41) is 9.69. The standard InChI is InChI=1S/C69H120O5/c1-3-5-7-9-11-13-15-17-19-21-23-25-27-29-31-32-33-34-35-36-38-40-42-44-46-48-50-52-54-56-58-60-62-64-69(72)74-67(65-70)66-73-68(71)63-61-59-57-55-53-51-49-47-45-43-41-39-37-30-28-26-24-22-20-18-16-14-12-10-8-6-4-2/h5-8,11-14,17-20,23-26,67,70H,3-4,9-10,15-16,21-22,27-66H2,1-2H3/b7-5-,8-6-,13-11-,14-12-,19-17-,20-18-,25-23-,26-24-. The van der Waals surface area contributed by atoms with Crippen molar-refractivity contribution >= 4 is 11.9 Å². The Morgan fingerprint density at radius 3 is 0.811 bits per heavy atom. The van der Waals surface area contributed by atoms with E-state index in [1.807, 2.05) is 0 Å². The Morgan fingerprint density at radius 2 is 0.541 bits per heavy atom. The van der Waals surface area contributed by atoms with Gasteiger partial charge in [0, 0.05) is 12.8 Å². The number of carbonyl (C=O) groups is 2. The summed E-state index contributed by atoms with van der Waals surface area (Å²) in [6, 6.07) is 0. The number of rotatable bonds is 58. The number of aliphatic hydroxyl groups is 1. The number of hydrogen-bond donors (Lipinski definition) is 1. The summed E-state index contributed by atoms with van der Waals surface area (Å²) < 4.78 is 10.7. The highest BCUT2D eigenvalue weighted by Gasteiger charge is 2.16. The zero-order chi connectivity index (χ0) is 53.4. The zero-order valence-electron chi connectivity index (χ0n) is 48.8. The van der Waals surface area contributed by atoms with Crippen LogP contribution in [0.5, 0.6) is 0 Å². The van der Waals surface area contributed by atoms with E-state index in [2.05, 4.69) is 111 Å². The molecule has 0 aliphatic heterocycles. The Balaban J connectivity index is 3.44. The first-order valence-corrected chi connectivity index (χ1v) is 31.8. The number of carbonyl (C=O) groups excluding carboxylic acids is 2. The van der Waals surface area contributed by atoms with Crippen LogP contribution in [0.25, 0.3) is 0 Å². The number of hydrogen-bond acceptors (Lipinski definition) is 5. The van der Waals surface area contributed by atoms with Gasteiger partial charge < -0.3 is 14.6 Å². The Bertz CT molecular complexity index is 1400. The predicted molar refractivity (Wildman–Crippen MR) is 325 cm³/mol. The molecule has 1 unspecified atom stereocenters. The van der Waals surface area contributed by atoms with Crippen molar-refractivity contribution in [2.75, 3.05) is 13.2 Å². The average Bonchev–Trinajstić information content (AvgIpc) is 3.40. The largest absolute Gasteiger partial charge is 0.462 e. The molecule has 0 rings (SSSR count). The molecule has 0 saturated heterocycles. The predicted octanol–water partition coefficient (Wildman–Crippen LogP) is 21.9. The van der Waals surface area contributed by atoms with Gasteiger partial charge in [0.05, 0.1) is 6.61 Å².